The number of thioether (sulfide) groups is 1. The van der Waals surface area contributed by atoms with E-state index < -0.39 is 0 Å². The van der Waals surface area contributed by atoms with Gasteiger partial charge in [-0.3, -0.25) is 0 Å². The van der Waals surface area contributed by atoms with E-state index >= 15 is 0 Å². The molecule has 2 aromatic heterocycles. The maximum Gasteiger partial charge on any atom is 0.269 e. The molecular weight excluding hydrogens is 333 g/mol. The summed E-state index contributed by atoms with van der Waals surface area (Å²) in [4.78, 5) is 15.4. The van der Waals surface area contributed by atoms with Crippen molar-refractivity contribution in [1.29, 1.82) is 5.26 Å². The molecule has 0 spiro atoms. The first kappa shape index (κ1) is 19.3. The Morgan fingerprint density at radius 3 is 2.76 bits per heavy atom. The maximum absolute atomic E-state index is 9.07. The van der Waals surface area contributed by atoms with E-state index in [2.05, 4.69) is 25.8 Å². The second-order valence-electron chi connectivity index (χ2n) is 6.17. The Bertz CT molecular complexity index is 767. The number of nitrogens with zero attached hydrogens (tertiary/aromatic N) is 5. The summed E-state index contributed by atoms with van der Waals surface area (Å²) >= 11 is 1.75. The average Bonchev–Trinajstić information content (AvgIpc) is 3.10. The summed E-state index contributed by atoms with van der Waals surface area (Å²) in [5.74, 6) is 3.97. The van der Waals surface area contributed by atoms with E-state index in [9.17, 15) is 0 Å². The number of hydrogen-bond acceptors (Lipinski definition) is 7. The molecule has 1 atom stereocenters. The van der Waals surface area contributed by atoms with Gasteiger partial charge in [0.05, 0.1) is 24.4 Å². The molecule has 25 heavy (non-hydrogen) atoms. The van der Waals surface area contributed by atoms with E-state index in [4.69, 9.17) is 10.00 Å². The average molecular weight is 357 g/mol. The normalized spacial score (nSPS) is 16.2. The third kappa shape index (κ3) is 4.54. The highest BCUT2D eigenvalue weighted by atomic mass is 32.2. The second-order valence-corrected chi connectivity index (χ2v) is 6.98. The van der Waals surface area contributed by atoms with Gasteiger partial charge in [0.1, 0.15) is 5.82 Å². The first-order chi connectivity index (χ1) is 12.0. The number of methoxy groups -OCH3 is 1. The van der Waals surface area contributed by atoms with Crippen molar-refractivity contribution in [2.45, 2.75) is 26.0 Å². The molecule has 0 N–H and O–H groups in total. The molecule has 0 saturated carbocycles. The largest absolute Gasteiger partial charge is 0.480 e. The van der Waals surface area contributed by atoms with Gasteiger partial charge >= 0.3 is 0 Å². The van der Waals surface area contributed by atoms with Gasteiger partial charge in [-0.1, -0.05) is 6.82 Å². The lowest BCUT2D eigenvalue weighted by molar-refractivity contribution is 0.401. The first-order valence-electron chi connectivity index (χ1n) is 8.27. The minimum absolute atomic E-state index is 0.0823. The quantitative estimate of drug-likeness (QED) is 0.782. The van der Waals surface area contributed by atoms with Gasteiger partial charge < -0.3 is 9.64 Å². The topological polar surface area (TPSA) is 74.9 Å². The van der Waals surface area contributed by atoms with E-state index in [1.807, 2.05) is 38.5 Å². The predicted octanol–water partition coefficient (Wildman–Crippen LogP) is 3.09. The molecule has 6 nitrogen and oxygen atoms in total. The van der Waals surface area contributed by atoms with Crippen molar-refractivity contribution in [1.82, 2.24) is 15.0 Å². The van der Waals surface area contributed by atoms with Gasteiger partial charge in [-0.25, -0.2) is 15.2 Å². The molecule has 0 aromatic carbocycles. The van der Waals surface area contributed by atoms with Gasteiger partial charge in [0.15, 0.2) is 5.65 Å². The molecule has 132 valence electrons. The van der Waals surface area contributed by atoms with Crippen LogP contribution in [0.3, 0.4) is 0 Å². The summed E-state index contributed by atoms with van der Waals surface area (Å²) in [5, 5.41) is 9.90. The molecule has 1 aliphatic heterocycles. The first-order valence-corrected chi connectivity index (χ1v) is 9.90. The van der Waals surface area contributed by atoms with Crippen molar-refractivity contribution in [2.24, 2.45) is 0 Å². The molecule has 2 aromatic rings. The highest BCUT2D eigenvalue weighted by Gasteiger charge is 2.30. The molecule has 3 rings (SSSR count). The monoisotopic (exact) mass is 357 g/mol. The SMILES string of the molecule is COc1nc(C)nc2ncc(N3CCC(B(C)C#N)C3)cc12.CSC. The van der Waals surface area contributed by atoms with Crippen LogP contribution in [0.15, 0.2) is 12.3 Å². The summed E-state index contributed by atoms with van der Waals surface area (Å²) in [7, 11) is 1.61. The summed E-state index contributed by atoms with van der Waals surface area (Å²) in [6.07, 6.45) is 6.96. The Hall–Kier alpha value is -2.01. The molecule has 0 bridgehead atoms. The smallest absolute Gasteiger partial charge is 0.269 e. The lowest BCUT2D eigenvalue weighted by Crippen LogP contribution is -2.22. The summed E-state index contributed by atoms with van der Waals surface area (Å²) < 4.78 is 5.35. The van der Waals surface area contributed by atoms with Crippen molar-refractivity contribution >= 4 is 35.2 Å². The zero-order valence-electron chi connectivity index (χ0n) is 15.5. The number of aromatic nitrogens is 3. The maximum atomic E-state index is 9.07. The Kier molecular flexibility index (Phi) is 6.88. The van der Waals surface area contributed by atoms with E-state index in [1.54, 1.807) is 18.9 Å². The Labute approximate surface area is 154 Å². The van der Waals surface area contributed by atoms with Crippen LogP contribution in [0.5, 0.6) is 5.88 Å². The molecule has 1 fully saturated rings. The van der Waals surface area contributed by atoms with Crippen LogP contribution in [-0.2, 0) is 0 Å². The number of ether oxygens (including phenoxy) is 1. The van der Waals surface area contributed by atoms with Gasteiger partial charge in [-0.15, -0.1) is 0 Å². The van der Waals surface area contributed by atoms with E-state index in [0.717, 1.165) is 30.6 Å². The van der Waals surface area contributed by atoms with Crippen molar-refractivity contribution in [3.8, 4) is 11.8 Å². The molecule has 0 amide bonds. The summed E-state index contributed by atoms with van der Waals surface area (Å²) in [5.41, 5.74) is 1.68. The third-order valence-electron chi connectivity index (χ3n) is 4.31. The number of nitriles is 1. The van der Waals surface area contributed by atoms with E-state index in [1.165, 1.54) is 0 Å². The molecular formula is C17H24BN5OS. The molecule has 3 heterocycles. The van der Waals surface area contributed by atoms with Gasteiger partial charge in [0.2, 0.25) is 5.88 Å². The van der Waals surface area contributed by atoms with Crippen LogP contribution in [0.4, 0.5) is 5.69 Å². The minimum atomic E-state index is 0.0823. The number of hydrogen-bond donors (Lipinski definition) is 0. The van der Waals surface area contributed by atoms with Gasteiger partial charge in [-0.05, 0) is 37.7 Å². The number of aryl methyl sites for hydroxylation is 1. The third-order valence-corrected chi connectivity index (χ3v) is 4.31. The van der Waals surface area contributed by atoms with Crippen LogP contribution >= 0.6 is 11.8 Å². The predicted molar refractivity (Wildman–Crippen MR) is 106 cm³/mol. The van der Waals surface area contributed by atoms with E-state index in [0.29, 0.717) is 23.2 Å². The van der Waals surface area contributed by atoms with Gasteiger partial charge in [-0.2, -0.15) is 16.7 Å². The number of pyridine rings is 1. The van der Waals surface area contributed by atoms with Crippen LogP contribution in [0.1, 0.15) is 12.2 Å². The van der Waals surface area contributed by atoms with Crippen molar-refractivity contribution in [2.75, 3.05) is 37.6 Å². The van der Waals surface area contributed by atoms with Gasteiger partial charge in [0, 0.05) is 19.1 Å². The standard InChI is InChI=1S/C15H18BN5O.C2H6S/c1-10-19-14-13(15(20-10)22-3)6-12(7-18-14)21-5-4-11(8-21)16(2)9-17;1-3-2/h6-7,11H,4-5,8H2,1-3H3;1-2H3. The van der Waals surface area contributed by atoms with Crippen LogP contribution in [0.25, 0.3) is 11.0 Å². The summed E-state index contributed by atoms with van der Waals surface area (Å²) in [6.45, 7) is 5.73. The number of rotatable bonds is 3. The lowest BCUT2D eigenvalue weighted by atomic mass is 9.44. The fraction of sp³-hybridized carbons (Fsp3) is 0.529. The number of anilines is 1. The Balaban J connectivity index is 0.000000701. The Morgan fingerprint density at radius 2 is 2.12 bits per heavy atom. The molecule has 8 heteroatoms. The highest BCUT2D eigenvalue weighted by Crippen LogP contribution is 2.31. The molecule has 0 aliphatic carbocycles. The fourth-order valence-corrected chi connectivity index (χ4v) is 2.94. The highest BCUT2D eigenvalue weighted by molar-refractivity contribution is 7.97. The second kappa shape index (κ2) is 8.91. The van der Waals surface area contributed by atoms with E-state index in [-0.39, 0.29) is 6.71 Å². The van der Waals surface area contributed by atoms with Crippen LogP contribution < -0.4 is 9.64 Å². The zero-order chi connectivity index (χ0) is 18.4. The van der Waals surface area contributed by atoms with Crippen LogP contribution in [-0.4, -0.2) is 54.4 Å². The molecule has 1 aliphatic rings. The molecule has 1 saturated heterocycles. The van der Waals surface area contributed by atoms with Crippen molar-refractivity contribution in [3.05, 3.63) is 18.1 Å². The van der Waals surface area contributed by atoms with Crippen LogP contribution in [0.2, 0.25) is 12.6 Å². The van der Waals surface area contributed by atoms with Gasteiger partial charge in [0.25, 0.3) is 6.71 Å². The molecule has 1 unspecified atom stereocenters. The number of fused-ring (bicyclic) bond motifs is 1. The fourth-order valence-electron chi connectivity index (χ4n) is 2.94. The lowest BCUT2D eigenvalue weighted by Gasteiger charge is -2.19. The molecule has 0 radical (unpaired) electrons. The van der Waals surface area contributed by atoms with Crippen LogP contribution in [0, 0.1) is 18.2 Å². The van der Waals surface area contributed by atoms with Crippen molar-refractivity contribution < 1.29 is 4.74 Å². The van der Waals surface area contributed by atoms with Crippen molar-refractivity contribution in [3.63, 3.8) is 0 Å². The zero-order valence-corrected chi connectivity index (χ0v) is 16.3. The minimum Gasteiger partial charge on any atom is -0.480 e. The summed E-state index contributed by atoms with van der Waals surface area (Å²) in [6, 6.07) is 2.03. The Morgan fingerprint density at radius 1 is 1.40 bits per heavy atom.